The predicted molar refractivity (Wildman–Crippen MR) is 110 cm³/mol. The van der Waals surface area contributed by atoms with Gasteiger partial charge in [0.2, 0.25) is 0 Å². The molecule has 0 bridgehead atoms. The Morgan fingerprint density at radius 3 is 1.31 bits per heavy atom. The normalized spacial score (nSPS) is 23.9. The van der Waals surface area contributed by atoms with Gasteiger partial charge < -0.3 is 29.8 Å². The number of hydrogen-bond acceptors (Lipinski definition) is 5. The summed E-state index contributed by atoms with van der Waals surface area (Å²) in [6.45, 7) is 17.4. The first-order valence-electron chi connectivity index (χ1n) is 10.1. The summed E-state index contributed by atoms with van der Waals surface area (Å²) in [7, 11) is 8.77. The van der Waals surface area contributed by atoms with Gasteiger partial charge in [-0.3, -0.25) is 0 Å². The quantitative estimate of drug-likeness (QED) is 0.629. The van der Waals surface area contributed by atoms with Crippen LogP contribution in [0.2, 0.25) is 0 Å². The third-order valence-corrected chi connectivity index (χ3v) is 5.14. The summed E-state index contributed by atoms with van der Waals surface area (Å²) in [6.07, 6.45) is 1.27. The molecule has 0 N–H and O–H groups in total. The maximum absolute atomic E-state index is 4.41. The summed E-state index contributed by atoms with van der Waals surface area (Å²) in [5.74, 6) is 0. The van der Waals surface area contributed by atoms with Gasteiger partial charge >= 0.3 is 0 Å². The van der Waals surface area contributed by atoms with E-state index in [0.29, 0.717) is 0 Å². The minimum atomic E-state index is 0. The van der Waals surface area contributed by atoms with Crippen molar-refractivity contribution in [3.8, 4) is 0 Å². The second kappa shape index (κ2) is 16.8. The Balaban J connectivity index is 0.000000475. The van der Waals surface area contributed by atoms with Crippen molar-refractivity contribution in [2.45, 2.75) is 13.3 Å². The van der Waals surface area contributed by atoms with Crippen LogP contribution in [0.25, 0.3) is 5.32 Å². The molecule has 7 heteroatoms. The number of hydrogen-bond donors (Lipinski definition) is 0. The van der Waals surface area contributed by atoms with Gasteiger partial charge in [0.25, 0.3) is 0 Å². The molecule has 0 aromatic heterocycles. The van der Waals surface area contributed by atoms with Gasteiger partial charge in [0, 0.05) is 85.1 Å². The Kier molecular flexibility index (Phi) is 17.3. The molecule has 0 aromatic rings. The molecule has 2 saturated heterocycles. The maximum Gasteiger partial charge on any atom is 0.0110 e. The van der Waals surface area contributed by atoms with Crippen molar-refractivity contribution in [1.82, 2.24) is 24.5 Å². The van der Waals surface area contributed by atoms with Crippen LogP contribution in [0.1, 0.15) is 13.3 Å². The van der Waals surface area contributed by atoms with Gasteiger partial charge in [-0.2, -0.15) is 0 Å². The molecule has 2 heterocycles. The van der Waals surface area contributed by atoms with E-state index >= 15 is 0 Å². The molecule has 0 spiro atoms. The van der Waals surface area contributed by atoms with Gasteiger partial charge in [0.15, 0.2) is 0 Å². The molecule has 2 rings (SSSR count). The van der Waals surface area contributed by atoms with Crippen LogP contribution < -0.4 is 0 Å². The number of nitrogens with zero attached hydrogens (tertiary/aromatic N) is 6. The zero-order valence-corrected chi connectivity index (χ0v) is 21.0. The summed E-state index contributed by atoms with van der Waals surface area (Å²) in [5, 5.41) is 4.41. The van der Waals surface area contributed by atoms with Crippen LogP contribution in [-0.4, -0.2) is 138 Å². The average molecular weight is 445 g/mol. The molecule has 0 aliphatic carbocycles. The number of rotatable bonds is 2. The van der Waals surface area contributed by atoms with Gasteiger partial charge in [0.05, 0.1) is 0 Å². The standard InChI is InChI=1S/C11H25N3.C8H18N3.Y/c1-4-5-14-10-8-12(2)6-7-13(3)9-11-14;1-10-5-3-9-4-6-11(2)8-7-10;/h4-11H2,1-3H3;3-8H2,1-2H3;/q;-1;. The summed E-state index contributed by atoms with van der Waals surface area (Å²) in [6, 6.07) is 0. The van der Waals surface area contributed by atoms with Gasteiger partial charge in [-0.25, -0.2) is 0 Å². The van der Waals surface area contributed by atoms with E-state index in [1.54, 1.807) is 0 Å². The van der Waals surface area contributed by atoms with Crippen LogP contribution in [-0.2, 0) is 32.7 Å². The Morgan fingerprint density at radius 2 is 0.923 bits per heavy atom. The first-order chi connectivity index (χ1) is 12.0. The van der Waals surface area contributed by atoms with E-state index < -0.39 is 0 Å². The van der Waals surface area contributed by atoms with E-state index in [2.05, 4.69) is 64.9 Å². The fourth-order valence-corrected chi connectivity index (χ4v) is 3.00. The summed E-state index contributed by atoms with van der Waals surface area (Å²) < 4.78 is 0. The Morgan fingerprint density at radius 1 is 0.577 bits per heavy atom. The second-order valence-electron chi connectivity index (χ2n) is 7.73. The molecule has 2 aliphatic rings. The second-order valence-corrected chi connectivity index (χ2v) is 7.73. The van der Waals surface area contributed by atoms with Crippen molar-refractivity contribution in [1.29, 1.82) is 0 Å². The van der Waals surface area contributed by atoms with Gasteiger partial charge in [-0.15, -0.1) is 13.1 Å². The van der Waals surface area contributed by atoms with Crippen molar-refractivity contribution in [2.24, 2.45) is 0 Å². The molecule has 153 valence electrons. The minimum absolute atomic E-state index is 0. The third kappa shape index (κ3) is 13.9. The largest absolute Gasteiger partial charge is 0.660 e. The molecule has 2 fully saturated rings. The first kappa shape index (κ1) is 26.9. The van der Waals surface area contributed by atoms with E-state index in [1.807, 2.05) is 0 Å². The average Bonchev–Trinajstić information content (AvgIpc) is 2.73. The maximum atomic E-state index is 4.41. The van der Waals surface area contributed by atoms with Crippen molar-refractivity contribution in [2.75, 3.05) is 113 Å². The van der Waals surface area contributed by atoms with E-state index in [9.17, 15) is 0 Å². The van der Waals surface area contributed by atoms with Crippen LogP contribution in [0.4, 0.5) is 0 Å². The summed E-state index contributed by atoms with van der Waals surface area (Å²) in [5.41, 5.74) is 0. The van der Waals surface area contributed by atoms with Crippen molar-refractivity contribution < 1.29 is 32.7 Å². The van der Waals surface area contributed by atoms with Gasteiger partial charge in [0.1, 0.15) is 0 Å². The molecule has 0 amide bonds. The molecule has 0 unspecified atom stereocenters. The fraction of sp³-hybridized carbons (Fsp3) is 1.00. The van der Waals surface area contributed by atoms with Crippen LogP contribution in [0.3, 0.4) is 0 Å². The summed E-state index contributed by atoms with van der Waals surface area (Å²) >= 11 is 0. The van der Waals surface area contributed by atoms with E-state index in [0.717, 1.165) is 26.2 Å². The molecule has 2 aliphatic heterocycles. The fourth-order valence-electron chi connectivity index (χ4n) is 3.00. The topological polar surface area (TPSA) is 30.3 Å². The number of likely N-dealkylation sites (N-methyl/N-ethyl adjacent to an activating group) is 4. The molecule has 1 radical (unpaired) electrons. The molecule has 0 atom stereocenters. The third-order valence-electron chi connectivity index (χ3n) is 5.14. The zero-order valence-electron chi connectivity index (χ0n) is 18.2. The zero-order chi connectivity index (χ0) is 18.5. The molecule has 0 aromatic carbocycles. The van der Waals surface area contributed by atoms with Crippen LogP contribution in [0.5, 0.6) is 0 Å². The molecule has 0 saturated carbocycles. The Hall–Kier alpha value is 0.864. The van der Waals surface area contributed by atoms with E-state index in [1.165, 1.54) is 65.3 Å². The minimum Gasteiger partial charge on any atom is -0.660 e. The SMILES string of the molecule is CCCN1CCN(C)CCN(C)CC1.CN1CC[N-]CCN(C)CC1.[Y]. The Labute approximate surface area is 188 Å². The molecular weight excluding hydrogens is 401 g/mol. The van der Waals surface area contributed by atoms with Crippen LogP contribution in [0.15, 0.2) is 0 Å². The Bertz CT molecular complexity index is 294. The molecule has 6 nitrogen and oxygen atoms in total. The van der Waals surface area contributed by atoms with Gasteiger partial charge in [-0.05, 0) is 54.2 Å². The van der Waals surface area contributed by atoms with Crippen molar-refractivity contribution >= 4 is 0 Å². The van der Waals surface area contributed by atoms with Crippen molar-refractivity contribution in [3.05, 3.63) is 5.32 Å². The first-order valence-corrected chi connectivity index (χ1v) is 10.1. The molecular formula is C19H43N6Y-. The molecule has 26 heavy (non-hydrogen) atoms. The van der Waals surface area contributed by atoms with E-state index in [-0.39, 0.29) is 32.7 Å². The van der Waals surface area contributed by atoms with Gasteiger partial charge in [-0.1, -0.05) is 6.92 Å². The van der Waals surface area contributed by atoms with Crippen molar-refractivity contribution in [3.63, 3.8) is 0 Å². The smallest absolute Gasteiger partial charge is 0.0110 e. The summed E-state index contributed by atoms with van der Waals surface area (Å²) in [4.78, 5) is 12.1. The predicted octanol–water partition coefficient (Wildman–Crippen LogP) is 0.810. The van der Waals surface area contributed by atoms with Crippen LogP contribution in [0, 0.1) is 0 Å². The van der Waals surface area contributed by atoms with E-state index in [4.69, 9.17) is 0 Å². The monoisotopic (exact) mass is 444 g/mol. The van der Waals surface area contributed by atoms with Crippen LogP contribution >= 0.6 is 0 Å².